The topological polar surface area (TPSA) is 82.6 Å². The van der Waals surface area contributed by atoms with Crippen molar-refractivity contribution in [3.05, 3.63) is 35.9 Å². The van der Waals surface area contributed by atoms with Crippen LogP contribution in [0.2, 0.25) is 0 Å². The number of hydrogen-bond donors (Lipinski definition) is 3. The normalized spacial score (nSPS) is 11.7. The Labute approximate surface area is 169 Å². The second kappa shape index (κ2) is 14.3. The fourth-order valence-corrected chi connectivity index (χ4v) is 2.74. The van der Waals surface area contributed by atoms with Crippen LogP contribution < -0.4 is 15.4 Å². The number of aryl methyl sites for hydroxylation is 1. The van der Waals surface area contributed by atoms with Crippen LogP contribution in [0.15, 0.2) is 35.3 Å². The van der Waals surface area contributed by atoms with Crippen molar-refractivity contribution in [3.8, 4) is 0 Å². The quantitative estimate of drug-likeness (QED) is 0.195. The summed E-state index contributed by atoms with van der Waals surface area (Å²) in [6.45, 7) is 6.33. The zero-order chi connectivity index (χ0) is 17.7. The molecule has 0 atom stereocenters. The summed E-state index contributed by atoms with van der Waals surface area (Å²) in [5.41, 5.74) is 1.33. The number of rotatable bonds is 11. The Kier molecular flexibility index (Phi) is 13.8. The average Bonchev–Trinajstić information content (AvgIpc) is 2.59. The molecule has 0 heterocycles. The number of nitrogens with zero attached hydrogens (tertiary/aromatic N) is 1. The van der Waals surface area contributed by atoms with Crippen molar-refractivity contribution in [2.45, 2.75) is 33.1 Å². The number of sulfonamides is 1. The molecule has 0 bridgehead atoms. The van der Waals surface area contributed by atoms with E-state index in [-0.39, 0.29) is 29.7 Å². The maximum atomic E-state index is 11.3. The first-order valence-electron chi connectivity index (χ1n) is 8.61. The van der Waals surface area contributed by atoms with Crippen LogP contribution in [0.25, 0.3) is 0 Å². The molecule has 25 heavy (non-hydrogen) atoms. The molecule has 8 heteroatoms. The molecule has 0 aliphatic carbocycles. The third kappa shape index (κ3) is 12.2. The van der Waals surface area contributed by atoms with E-state index in [2.05, 4.69) is 44.6 Å². The summed E-state index contributed by atoms with van der Waals surface area (Å²) < 4.78 is 25.2. The van der Waals surface area contributed by atoms with Crippen molar-refractivity contribution in [2.75, 3.05) is 31.9 Å². The number of benzene rings is 1. The molecular weight excluding hydrogens is 451 g/mol. The van der Waals surface area contributed by atoms with Gasteiger partial charge in [0.15, 0.2) is 5.96 Å². The van der Waals surface area contributed by atoms with Crippen LogP contribution in [0.1, 0.15) is 32.3 Å². The van der Waals surface area contributed by atoms with Crippen molar-refractivity contribution in [1.82, 2.24) is 15.4 Å². The van der Waals surface area contributed by atoms with Crippen LogP contribution in [-0.4, -0.2) is 46.3 Å². The lowest BCUT2D eigenvalue weighted by atomic mass is 10.1. The van der Waals surface area contributed by atoms with Gasteiger partial charge in [0.2, 0.25) is 10.0 Å². The van der Waals surface area contributed by atoms with E-state index in [9.17, 15) is 8.42 Å². The van der Waals surface area contributed by atoms with Gasteiger partial charge in [0.1, 0.15) is 0 Å². The van der Waals surface area contributed by atoms with Crippen molar-refractivity contribution in [2.24, 2.45) is 4.99 Å². The Balaban J connectivity index is 0.00000576. The molecule has 0 saturated heterocycles. The Hall–Kier alpha value is -0.870. The van der Waals surface area contributed by atoms with Gasteiger partial charge in [-0.15, -0.1) is 24.0 Å². The highest BCUT2D eigenvalue weighted by atomic mass is 127. The SMILES string of the molecule is CCNC(=NCCCc1ccccc1)NCCCNS(=O)(=O)CC.I. The number of aliphatic imine (C=N–C) groups is 1. The molecule has 0 aliphatic rings. The first-order valence-corrected chi connectivity index (χ1v) is 10.3. The molecule has 0 aliphatic heterocycles. The van der Waals surface area contributed by atoms with E-state index in [1.165, 1.54) is 5.56 Å². The summed E-state index contributed by atoms with van der Waals surface area (Å²) >= 11 is 0. The molecule has 6 nitrogen and oxygen atoms in total. The molecule has 0 saturated carbocycles. The molecule has 0 fully saturated rings. The van der Waals surface area contributed by atoms with E-state index in [0.717, 1.165) is 31.9 Å². The summed E-state index contributed by atoms with van der Waals surface area (Å²) in [5, 5.41) is 6.43. The van der Waals surface area contributed by atoms with Gasteiger partial charge in [-0.05, 0) is 38.7 Å². The first-order chi connectivity index (χ1) is 11.6. The predicted octanol–water partition coefficient (Wildman–Crippen LogP) is 2.12. The third-order valence-corrected chi connectivity index (χ3v) is 4.83. The molecular formula is C17H31IN4O2S. The summed E-state index contributed by atoms with van der Waals surface area (Å²) in [4.78, 5) is 4.55. The molecule has 0 spiro atoms. The highest BCUT2D eigenvalue weighted by molar-refractivity contribution is 14.0. The van der Waals surface area contributed by atoms with Crippen LogP contribution in [0.3, 0.4) is 0 Å². The van der Waals surface area contributed by atoms with Crippen LogP contribution in [0.4, 0.5) is 0 Å². The van der Waals surface area contributed by atoms with Gasteiger partial charge in [0.25, 0.3) is 0 Å². The number of halogens is 1. The first kappa shape index (κ1) is 24.1. The average molecular weight is 482 g/mol. The van der Waals surface area contributed by atoms with Gasteiger partial charge in [-0.1, -0.05) is 30.3 Å². The van der Waals surface area contributed by atoms with E-state index in [1.807, 2.05) is 13.0 Å². The van der Waals surface area contributed by atoms with Crippen LogP contribution in [-0.2, 0) is 16.4 Å². The van der Waals surface area contributed by atoms with E-state index in [0.29, 0.717) is 19.5 Å². The lowest BCUT2D eigenvalue weighted by molar-refractivity contribution is 0.579. The molecule has 0 radical (unpaired) electrons. The highest BCUT2D eigenvalue weighted by Crippen LogP contribution is 2.02. The number of nitrogens with one attached hydrogen (secondary N) is 3. The van der Waals surface area contributed by atoms with E-state index in [1.54, 1.807) is 6.92 Å². The fourth-order valence-electron chi connectivity index (χ4n) is 2.09. The predicted molar refractivity (Wildman–Crippen MR) is 116 cm³/mol. The van der Waals surface area contributed by atoms with Crippen molar-refractivity contribution >= 4 is 40.0 Å². The molecule has 0 aromatic heterocycles. The minimum Gasteiger partial charge on any atom is -0.357 e. The maximum Gasteiger partial charge on any atom is 0.211 e. The molecule has 1 aromatic carbocycles. The Bertz CT molecular complexity index is 580. The number of hydrogen-bond acceptors (Lipinski definition) is 3. The van der Waals surface area contributed by atoms with Crippen molar-refractivity contribution in [1.29, 1.82) is 0 Å². The van der Waals surface area contributed by atoms with Crippen molar-refractivity contribution < 1.29 is 8.42 Å². The molecule has 1 rings (SSSR count). The summed E-state index contributed by atoms with van der Waals surface area (Å²) in [6, 6.07) is 10.4. The minimum atomic E-state index is -3.10. The lowest BCUT2D eigenvalue weighted by Gasteiger charge is -2.11. The zero-order valence-electron chi connectivity index (χ0n) is 15.1. The molecule has 0 unspecified atom stereocenters. The van der Waals surface area contributed by atoms with Crippen LogP contribution >= 0.6 is 24.0 Å². The van der Waals surface area contributed by atoms with Gasteiger partial charge in [-0.2, -0.15) is 0 Å². The van der Waals surface area contributed by atoms with Gasteiger partial charge in [-0.3, -0.25) is 4.99 Å². The molecule has 144 valence electrons. The van der Waals surface area contributed by atoms with Gasteiger partial charge in [-0.25, -0.2) is 13.1 Å². The smallest absolute Gasteiger partial charge is 0.211 e. The summed E-state index contributed by atoms with van der Waals surface area (Å²) in [5.74, 6) is 0.898. The van der Waals surface area contributed by atoms with Gasteiger partial charge in [0, 0.05) is 26.2 Å². The number of guanidine groups is 1. The Morgan fingerprint density at radius 1 is 1.04 bits per heavy atom. The summed E-state index contributed by atoms with van der Waals surface area (Å²) in [7, 11) is -3.10. The second-order valence-electron chi connectivity index (χ2n) is 5.43. The third-order valence-electron chi connectivity index (χ3n) is 3.43. The molecule has 0 amide bonds. The Morgan fingerprint density at radius 2 is 1.76 bits per heavy atom. The van der Waals surface area contributed by atoms with Crippen LogP contribution in [0.5, 0.6) is 0 Å². The maximum absolute atomic E-state index is 11.3. The minimum absolute atomic E-state index is 0. The molecule has 1 aromatic rings. The lowest BCUT2D eigenvalue weighted by Crippen LogP contribution is -2.39. The standard InChI is InChI=1S/C17H30N4O2S.HI/c1-3-18-17(20-14-9-15-21-24(22,23)4-2)19-13-8-12-16-10-6-5-7-11-16;/h5-7,10-11,21H,3-4,8-9,12-15H2,1-2H3,(H2,18,19,20);1H. The largest absolute Gasteiger partial charge is 0.357 e. The second-order valence-corrected chi connectivity index (χ2v) is 7.52. The summed E-state index contributed by atoms with van der Waals surface area (Å²) in [6.07, 6.45) is 2.73. The van der Waals surface area contributed by atoms with E-state index in [4.69, 9.17) is 0 Å². The van der Waals surface area contributed by atoms with E-state index < -0.39 is 10.0 Å². The van der Waals surface area contributed by atoms with Crippen molar-refractivity contribution in [3.63, 3.8) is 0 Å². The fraction of sp³-hybridized carbons (Fsp3) is 0.588. The van der Waals surface area contributed by atoms with E-state index >= 15 is 0 Å². The zero-order valence-corrected chi connectivity index (χ0v) is 18.3. The van der Waals surface area contributed by atoms with Crippen LogP contribution in [0, 0.1) is 0 Å². The van der Waals surface area contributed by atoms with Gasteiger partial charge in [0.05, 0.1) is 5.75 Å². The van der Waals surface area contributed by atoms with Gasteiger partial charge < -0.3 is 10.6 Å². The molecule has 3 N–H and O–H groups in total. The highest BCUT2D eigenvalue weighted by Gasteiger charge is 2.04. The Morgan fingerprint density at radius 3 is 2.40 bits per heavy atom. The van der Waals surface area contributed by atoms with Gasteiger partial charge >= 0.3 is 0 Å². The monoisotopic (exact) mass is 482 g/mol.